The van der Waals surface area contributed by atoms with E-state index in [1.807, 2.05) is 24.3 Å². The van der Waals surface area contributed by atoms with Gasteiger partial charge in [-0.3, -0.25) is 9.59 Å². The lowest BCUT2D eigenvalue weighted by atomic mass is 9.87. The number of rotatable bonds is 3. The molecule has 32 heavy (non-hydrogen) atoms. The van der Waals surface area contributed by atoms with Gasteiger partial charge in [0.05, 0.1) is 11.7 Å². The lowest BCUT2D eigenvalue weighted by Crippen LogP contribution is -2.31. The van der Waals surface area contributed by atoms with Gasteiger partial charge in [0, 0.05) is 10.6 Å². The van der Waals surface area contributed by atoms with Crippen molar-refractivity contribution in [3.63, 3.8) is 0 Å². The minimum atomic E-state index is -0.392. The zero-order valence-corrected chi connectivity index (χ0v) is 18.0. The summed E-state index contributed by atoms with van der Waals surface area (Å²) in [6.07, 6.45) is 4.58. The molecule has 0 fully saturated rings. The number of amides is 2. The van der Waals surface area contributed by atoms with Gasteiger partial charge in [-0.25, -0.2) is 0 Å². The van der Waals surface area contributed by atoms with Crippen LogP contribution in [0.15, 0.2) is 72.5 Å². The molecule has 0 radical (unpaired) electrons. The zero-order chi connectivity index (χ0) is 22.1. The fourth-order valence-electron chi connectivity index (χ4n) is 4.18. The van der Waals surface area contributed by atoms with Gasteiger partial charge in [0.15, 0.2) is 11.5 Å². The lowest BCUT2D eigenvalue weighted by molar-refractivity contribution is -0.115. The summed E-state index contributed by atoms with van der Waals surface area (Å²) >= 11 is 6.18. The minimum Gasteiger partial charge on any atom is -0.449 e. The van der Waals surface area contributed by atoms with Gasteiger partial charge in [0.25, 0.3) is 11.8 Å². The molecule has 0 unspecified atom stereocenters. The largest absolute Gasteiger partial charge is 0.449 e. The van der Waals surface area contributed by atoms with Gasteiger partial charge in [-0.1, -0.05) is 54.1 Å². The summed E-state index contributed by atoms with van der Waals surface area (Å²) in [6.45, 7) is 0. The number of fused-ring (bicyclic) bond motifs is 2. The maximum atomic E-state index is 12.9. The van der Waals surface area contributed by atoms with Gasteiger partial charge >= 0.3 is 0 Å². The SMILES string of the molecule is O=C1Nc2cc(C(=O)N[C@@H]3CCCc4ccccc43)ccc2O/C1=C/c1ccccc1Cl. The molecule has 5 nitrogen and oxygen atoms in total. The second kappa shape index (κ2) is 8.52. The number of carbonyl (C=O) groups excluding carboxylic acids is 2. The Morgan fingerprint density at radius 3 is 2.78 bits per heavy atom. The van der Waals surface area contributed by atoms with Crippen LogP contribution in [0.5, 0.6) is 5.75 Å². The molecular weight excluding hydrogens is 424 g/mol. The van der Waals surface area contributed by atoms with Crippen molar-refractivity contribution in [2.45, 2.75) is 25.3 Å². The molecule has 1 heterocycles. The van der Waals surface area contributed by atoms with Gasteiger partial charge < -0.3 is 15.4 Å². The van der Waals surface area contributed by atoms with Gasteiger partial charge in [0.2, 0.25) is 0 Å². The van der Waals surface area contributed by atoms with Gasteiger partial charge in [-0.2, -0.15) is 0 Å². The first kappa shape index (κ1) is 20.3. The molecule has 1 aliphatic heterocycles. The number of halogens is 1. The lowest BCUT2D eigenvalue weighted by Gasteiger charge is -2.26. The first-order chi connectivity index (χ1) is 15.6. The number of nitrogens with one attached hydrogen (secondary N) is 2. The second-order valence-electron chi connectivity index (χ2n) is 7.91. The number of anilines is 1. The summed E-state index contributed by atoms with van der Waals surface area (Å²) in [7, 11) is 0. The van der Waals surface area contributed by atoms with Crippen LogP contribution in [0, 0.1) is 0 Å². The van der Waals surface area contributed by atoms with Crippen LogP contribution >= 0.6 is 11.6 Å². The van der Waals surface area contributed by atoms with Crippen molar-refractivity contribution in [3.05, 3.63) is 99.8 Å². The Balaban J connectivity index is 1.35. The predicted molar refractivity (Wildman–Crippen MR) is 125 cm³/mol. The Bertz CT molecular complexity index is 1250. The van der Waals surface area contributed by atoms with Gasteiger partial charge in [0.1, 0.15) is 0 Å². The number of carbonyl (C=O) groups is 2. The third kappa shape index (κ3) is 3.99. The number of benzene rings is 3. The van der Waals surface area contributed by atoms with Crippen LogP contribution in [-0.2, 0) is 11.2 Å². The quantitative estimate of drug-likeness (QED) is 0.523. The maximum Gasteiger partial charge on any atom is 0.291 e. The second-order valence-corrected chi connectivity index (χ2v) is 8.32. The summed E-state index contributed by atoms with van der Waals surface area (Å²) < 4.78 is 5.79. The zero-order valence-electron chi connectivity index (χ0n) is 17.2. The molecule has 0 bridgehead atoms. The van der Waals surface area contributed by atoms with Gasteiger partial charge in [-0.05, 0) is 66.3 Å². The van der Waals surface area contributed by atoms with Crippen LogP contribution in [0.3, 0.4) is 0 Å². The monoisotopic (exact) mass is 444 g/mol. The Hall–Kier alpha value is -3.57. The van der Waals surface area contributed by atoms with Crippen molar-refractivity contribution < 1.29 is 14.3 Å². The van der Waals surface area contributed by atoms with E-state index in [1.54, 1.807) is 36.4 Å². The Morgan fingerprint density at radius 2 is 1.91 bits per heavy atom. The standard InChI is InChI=1S/C26H21ClN2O3/c27-20-10-4-2-7-17(20)15-24-26(31)29-22-14-18(12-13-23(22)32-24)25(30)28-21-11-5-8-16-6-1-3-9-19(16)21/h1-4,6-7,9-10,12-15,21H,5,8,11H2,(H,28,30)(H,29,31)/b24-15+/t21-/m1/s1. The van der Waals surface area contributed by atoms with Crippen molar-refractivity contribution in [1.29, 1.82) is 0 Å². The highest BCUT2D eigenvalue weighted by Crippen LogP contribution is 2.34. The molecule has 0 saturated heterocycles. The highest BCUT2D eigenvalue weighted by Gasteiger charge is 2.25. The van der Waals surface area contributed by atoms with E-state index in [9.17, 15) is 9.59 Å². The number of hydrogen-bond acceptors (Lipinski definition) is 3. The van der Waals surface area contributed by atoms with Crippen molar-refractivity contribution in [1.82, 2.24) is 5.32 Å². The number of aryl methyl sites for hydroxylation is 1. The molecule has 160 valence electrons. The molecule has 1 atom stereocenters. The van der Waals surface area contributed by atoms with E-state index in [-0.39, 0.29) is 17.7 Å². The van der Waals surface area contributed by atoms with E-state index < -0.39 is 5.91 Å². The van der Waals surface area contributed by atoms with E-state index in [1.165, 1.54) is 11.1 Å². The topological polar surface area (TPSA) is 67.4 Å². The third-order valence-corrected chi connectivity index (χ3v) is 6.14. The highest BCUT2D eigenvalue weighted by molar-refractivity contribution is 6.32. The first-order valence-corrected chi connectivity index (χ1v) is 10.9. The molecule has 2 amide bonds. The molecule has 2 N–H and O–H groups in total. The van der Waals surface area contributed by atoms with Crippen LogP contribution in [0.2, 0.25) is 5.02 Å². The molecule has 0 saturated carbocycles. The van der Waals surface area contributed by atoms with E-state index in [0.29, 0.717) is 27.6 Å². The molecule has 5 rings (SSSR count). The summed E-state index contributed by atoms with van der Waals surface area (Å²) in [4.78, 5) is 25.5. The Kier molecular flexibility index (Phi) is 5.41. The number of ether oxygens (including phenoxy) is 1. The van der Waals surface area contributed by atoms with Crippen LogP contribution in [0.4, 0.5) is 5.69 Å². The average Bonchev–Trinajstić information content (AvgIpc) is 2.81. The van der Waals surface area contributed by atoms with E-state index in [4.69, 9.17) is 16.3 Å². The van der Waals surface area contributed by atoms with E-state index >= 15 is 0 Å². The molecular formula is C26H21ClN2O3. The molecule has 6 heteroatoms. The highest BCUT2D eigenvalue weighted by atomic mass is 35.5. The number of hydrogen-bond donors (Lipinski definition) is 2. The van der Waals surface area contributed by atoms with Crippen LogP contribution in [0.1, 0.15) is 45.9 Å². The molecule has 0 spiro atoms. The predicted octanol–water partition coefficient (Wildman–Crippen LogP) is 5.52. The van der Waals surface area contributed by atoms with E-state index in [0.717, 1.165) is 19.3 Å². The first-order valence-electron chi connectivity index (χ1n) is 10.6. The molecule has 1 aliphatic carbocycles. The summed E-state index contributed by atoms with van der Waals surface area (Å²) in [5.74, 6) is 0.0430. The average molecular weight is 445 g/mol. The van der Waals surface area contributed by atoms with Crippen molar-refractivity contribution in [3.8, 4) is 5.75 Å². The summed E-state index contributed by atoms with van der Waals surface area (Å²) in [5.41, 5.74) is 4.08. The Morgan fingerprint density at radius 1 is 1.09 bits per heavy atom. The van der Waals surface area contributed by atoms with Gasteiger partial charge in [-0.15, -0.1) is 0 Å². The molecule has 3 aromatic rings. The third-order valence-electron chi connectivity index (χ3n) is 5.80. The van der Waals surface area contributed by atoms with Crippen LogP contribution in [0.25, 0.3) is 6.08 Å². The Labute approximate surface area is 191 Å². The summed E-state index contributed by atoms with van der Waals surface area (Å²) in [6, 6.07) is 20.5. The van der Waals surface area contributed by atoms with Crippen molar-refractivity contribution in [2.24, 2.45) is 0 Å². The smallest absolute Gasteiger partial charge is 0.291 e. The normalized spacial score (nSPS) is 18.2. The molecule has 3 aromatic carbocycles. The minimum absolute atomic E-state index is 0.0144. The van der Waals surface area contributed by atoms with E-state index in [2.05, 4.69) is 22.8 Å². The molecule has 2 aliphatic rings. The van der Waals surface area contributed by atoms with Crippen LogP contribution < -0.4 is 15.4 Å². The van der Waals surface area contributed by atoms with Crippen LogP contribution in [-0.4, -0.2) is 11.8 Å². The fraction of sp³-hybridized carbons (Fsp3) is 0.154. The van der Waals surface area contributed by atoms with Crippen molar-refractivity contribution >= 4 is 35.2 Å². The summed E-state index contributed by atoms with van der Waals surface area (Å²) in [5, 5.41) is 6.47. The molecule has 0 aromatic heterocycles. The van der Waals surface area contributed by atoms with Crippen molar-refractivity contribution in [2.75, 3.05) is 5.32 Å². The fourth-order valence-corrected chi connectivity index (χ4v) is 4.37. The maximum absolute atomic E-state index is 12.9.